The number of fused-ring (bicyclic) bond motifs is 1. The molecule has 0 unspecified atom stereocenters. The van der Waals surface area contributed by atoms with Gasteiger partial charge in [-0.2, -0.15) is 0 Å². The third-order valence-electron chi connectivity index (χ3n) is 4.74. The molecule has 1 aliphatic rings. The molecule has 2 N–H and O–H groups in total. The smallest absolute Gasteiger partial charge is 0.335 e. The number of urea groups is 1. The number of carboxylic acid groups (broad SMARTS) is 1. The van der Waals surface area contributed by atoms with Crippen LogP contribution in [0.3, 0.4) is 0 Å². The van der Waals surface area contributed by atoms with Gasteiger partial charge in [0.1, 0.15) is 12.1 Å². The molecule has 28 heavy (non-hydrogen) atoms. The number of hydrogen-bond donors (Lipinski definition) is 2. The summed E-state index contributed by atoms with van der Waals surface area (Å²) in [5.74, 6) is -0.0319. The van der Waals surface area contributed by atoms with E-state index in [9.17, 15) is 9.59 Å². The van der Waals surface area contributed by atoms with Crippen LogP contribution in [0.4, 0.5) is 10.6 Å². The monoisotopic (exact) mass is 397 g/mol. The summed E-state index contributed by atoms with van der Waals surface area (Å²) in [6.07, 6.45) is 1.58. The number of aromatic carboxylic acids is 1. The number of nitrogens with one attached hydrogen (secondary N) is 1. The van der Waals surface area contributed by atoms with Crippen LogP contribution < -0.4 is 10.2 Å². The molecule has 1 fully saturated rings. The van der Waals surface area contributed by atoms with Crippen LogP contribution in [-0.2, 0) is 6.54 Å². The minimum absolute atomic E-state index is 0.120. The van der Waals surface area contributed by atoms with Gasteiger partial charge in [0.15, 0.2) is 0 Å². The topological polar surface area (TPSA) is 98.7 Å². The number of carbonyl (C=O) groups is 2. The molecule has 2 aromatic heterocycles. The molecule has 1 aromatic carbocycles. The van der Waals surface area contributed by atoms with Gasteiger partial charge in [0, 0.05) is 32.7 Å². The number of rotatable bonds is 4. The summed E-state index contributed by atoms with van der Waals surface area (Å²) in [4.78, 5) is 36.0. The highest BCUT2D eigenvalue weighted by molar-refractivity contribution is 7.17. The second-order valence-corrected chi connectivity index (χ2v) is 7.38. The van der Waals surface area contributed by atoms with Crippen molar-refractivity contribution in [2.24, 2.45) is 0 Å². The molecule has 0 atom stereocenters. The van der Waals surface area contributed by atoms with E-state index in [1.54, 1.807) is 34.7 Å². The van der Waals surface area contributed by atoms with E-state index in [4.69, 9.17) is 5.11 Å². The summed E-state index contributed by atoms with van der Waals surface area (Å²) in [5.41, 5.74) is 2.04. The SMILES string of the molecule is O=C(O)c1ccc(CNC(=O)N2CCN(c3ncnc4ccsc34)CC2)cc1. The van der Waals surface area contributed by atoms with Crippen LogP contribution in [0.25, 0.3) is 10.2 Å². The molecule has 0 aliphatic carbocycles. The van der Waals surface area contributed by atoms with E-state index in [0.717, 1.165) is 21.6 Å². The number of carboxylic acids is 1. The molecule has 1 saturated heterocycles. The number of nitrogens with zero attached hydrogens (tertiary/aromatic N) is 4. The van der Waals surface area contributed by atoms with Gasteiger partial charge in [0.05, 0.1) is 15.8 Å². The van der Waals surface area contributed by atoms with Crippen molar-refractivity contribution in [3.8, 4) is 0 Å². The van der Waals surface area contributed by atoms with E-state index in [1.165, 1.54) is 12.1 Å². The fourth-order valence-electron chi connectivity index (χ4n) is 3.18. The lowest BCUT2D eigenvalue weighted by Gasteiger charge is -2.35. The fraction of sp³-hybridized carbons (Fsp3) is 0.263. The number of thiophene rings is 1. The van der Waals surface area contributed by atoms with Gasteiger partial charge in [-0.1, -0.05) is 12.1 Å². The minimum Gasteiger partial charge on any atom is -0.478 e. The second kappa shape index (κ2) is 7.81. The first-order valence-corrected chi connectivity index (χ1v) is 9.78. The van der Waals surface area contributed by atoms with Gasteiger partial charge >= 0.3 is 12.0 Å². The first kappa shape index (κ1) is 18.2. The summed E-state index contributed by atoms with van der Waals surface area (Å²) >= 11 is 1.63. The van der Waals surface area contributed by atoms with E-state index in [2.05, 4.69) is 20.2 Å². The number of anilines is 1. The predicted octanol–water partition coefficient (Wildman–Crippen LogP) is 2.42. The zero-order valence-electron chi connectivity index (χ0n) is 15.0. The highest BCUT2D eigenvalue weighted by Crippen LogP contribution is 2.28. The largest absolute Gasteiger partial charge is 0.478 e. The van der Waals surface area contributed by atoms with Crippen molar-refractivity contribution < 1.29 is 14.7 Å². The van der Waals surface area contributed by atoms with Crippen LogP contribution in [0.5, 0.6) is 0 Å². The molecule has 0 radical (unpaired) electrons. The third kappa shape index (κ3) is 3.74. The summed E-state index contributed by atoms with van der Waals surface area (Å²) < 4.78 is 1.07. The highest BCUT2D eigenvalue weighted by Gasteiger charge is 2.23. The van der Waals surface area contributed by atoms with Crippen molar-refractivity contribution in [1.82, 2.24) is 20.2 Å². The highest BCUT2D eigenvalue weighted by atomic mass is 32.1. The Kier molecular flexibility index (Phi) is 5.07. The first-order valence-electron chi connectivity index (χ1n) is 8.90. The number of amides is 2. The van der Waals surface area contributed by atoms with Crippen LogP contribution in [-0.4, -0.2) is 58.2 Å². The van der Waals surface area contributed by atoms with Crippen LogP contribution in [0.1, 0.15) is 15.9 Å². The van der Waals surface area contributed by atoms with Gasteiger partial charge in [0.2, 0.25) is 0 Å². The Bertz CT molecular complexity index is 996. The lowest BCUT2D eigenvalue weighted by atomic mass is 10.1. The molecular weight excluding hydrogens is 378 g/mol. The van der Waals surface area contributed by atoms with Gasteiger partial charge in [0.25, 0.3) is 0 Å². The zero-order valence-corrected chi connectivity index (χ0v) is 15.9. The molecule has 2 amide bonds. The summed E-state index contributed by atoms with van der Waals surface area (Å²) in [6, 6.07) is 8.36. The van der Waals surface area contributed by atoms with Gasteiger partial charge < -0.3 is 20.2 Å². The van der Waals surface area contributed by atoms with E-state index in [1.807, 2.05) is 11.4 Å². The number of piperazine rings is 1. The standard InChI is InChI=1S/C19H19N5O3S/c25-18(26)14-3-1-13(2-4-14)11-20-19(27)24-8-6-23(7-9-24)17-16-15(5-10-28-16)21-12-22-17/h1-5,10,12H,6-9,11H2,(H,20,27)(H,25,26). The Morgan fingerprint density at radius 1 is 1.07 bits per heavy atom. The first-order chi connectivity index (χ1) is 13.6. The predicted molar refractivity (Wildman–Crippen MR) is 107 cm³/mol. The van der Waals surface area contributed by atoms with Crippen molar-refractivity contribution >= 4 is 39.4 Å². The van der Waals surface area contributed by atoms with E-state index >= 15 is 0 Å². The Morgan fingerprint density at radius 2 is 1.82 bits per heavy atom. The van der Waals surface area contributed by atoms with Crippen molar-refractivity contribution in [3.05, 3.63) is 53.2 Å². The molecule has 3 aromatic rings. The Hall–Kier alpha value is -3.20. The molecule has 0 bridgehead atoms. The maximum absolute atomic E-state index is 12.4. The fourth-order valence-corrected chi connectivity index (χ4v) is 4.04. The number of benzene rings is 1. The summed E-state index contributed by atoms with van der Waals surface area (Å²) in [5, 5.41) is 13.8. The van der Waals surface area contributed by atoms with Gasteiger partial charge in [-0.15, -0.1) is 11.3 Å². The van der Waals surface area contributed by atoms with Crippen molar-refractivity contribution in [2.75, 3.05) is 31.1 Å². The van der Waals surface area contributed by atoms with E-state index in [-0.39, 0.29) is 11.6 Å². The van der Waals surface area contributed by atoms with Crippen molar-refractivity contribution in [3.63, 3.8) is 0 Å². The van der Waals surface area contributed by atoms with Crippen LogP contribution in [0.2, 0.25) is 0 Å². The number of hydrogen-bond acceptors (Lipinski definition) is 6. The molecule has 144 valence electrons. The van der Waals surface area contributed by atoms with Crippen LogP contribution >= 0.6 is 11.3 Å². The van der Waals surface area contributed by atoms with Gasteiger partial charge in [-0.05, 0) is 29.1 Å². The quantitative estimate of drug-likeness (QED) is 0.702. The Balaban J connectivity index is 1.31. The number of carbonyl (C=O) groups excluding carboxylic acids is 1. The molecule has 0 spiro atoms. The molecule has 3 heterocycles. The average molecular weight is 397 g/mol. The summed E-state index contributed by atoms with van der Waals surface area (Å²) in [7, 11) is 0. The van der Waals surface area contributed by atoms with E-state index < -0.39 is 5.97 Å². The lowest BCUT2D eigenvalue weighted by Crippen LogP contribution is -2.51. The third-order valence-corrected chi connectivity index (χ3v) is 5.63. The second-order valence-electron chi connectivity index (χ2n) is 6.47. The molecule has 0 saturated carbocycles. The average Bonchev–Trinajstić information content (AvgIpc) is 3.21. The van der Waals surface area contributed by atoms with Gasteiger partial charge in [-0.3, -0.25) is 0 Å². The van der Waals surface area contributed by atoms with Crippen LogP contribution in [0, 0.1) is 0 Å². The van der Waals surface area contributed by atoms with Crippen molar-refractivity contribution in [1.29, 1.82) is 0 Å². The maximum Gasteiger partial charge on any atom is 0.335 e. The van der Waals surface area contributed by atoms with Gasteiger partial charge in [-0.25, -0.2) is 19.6 Å². The maximum atomic E-state index is 12.4. The molecule has 8 nitrogen and oxygen atoms in total. The normalized spacial score (nSPS) is 14.3. The summed E-state index contributed by atoms with van der Waals surface area (Å²) in [6.45, 7) is 3.01. The van der Waals surface area contributed by atoms with Crippen LogP contribution in [0.15, 0.2) is 42.0 Å². The Labute approximate surface area is 165 Å². The molecule has 4 rings (SSSR count). The van der Waals surface area contributed by atoms with E-state index in [0.29, 0.717) is 32.7 Å². The molecule has 9 heteroatoms. The minimum atomic E-state index is -0.961. The molecular formula is C19H19N5O3S. The zero-order chi connectivity index (χ0) is 19.5. The molecule has 1 aliphatic heterocycles. The Morgan fingerprint density at radius 3 is 2.54 bits per heavy atom. The number of aromatic nitrogens is 2. The van der Waals surface area contributed by atoms with Crippen molar-refractivity contribution in [2.45, 2.75) is 6.54 Å². The lowest BCUT2D eigenvalue weighted by molar-refractivity contribution is 0.0697.